The normalized spacial score (nSPS) is 13.5. The summed E-state index contributed by atoms with van der Waals surface area (Å²) in [4.78, 5) is 23.3. The van der Waals surface area contributed by atoms with Crippen LogP contribution in [0.2, 0.25) is 5.02 Å². The average Bonchev–Trinajstić information content (AvgIpc) is 2.38. The minimum Gasteiger partial charge on any atom is -0.496 e. The predicted octanol–water partition coefficient (Wildman–Crippen LogP) is 2.33. The van der Waals surface area contributed by atoms with Gasteiger partial charge in [0.25, 0.3) is 5.91 Å². The largest absolute Gasteiger partial charge is 0.496 e. The van der Waals surface area contributed by atoms with E-state index in [4.69, 9.17) is 21.4 Å². The number of methoxy groups -OCH3 is 1. The number of carboxylic acids is 1. The molecule has 0 bridgehead atoms. The summed E-state index contributed by atoms with van der Waals surface area (Å²) >= 11 is 5.83. The van der Waals surface area contributed by atoms with Gasteiger partial charge in [0, 0.05) is 5.02 Å². The van der Waals surface area contributed by atoms with Crippen molar-refractivity contribution in [1.82, 2.24) is 5.32 Å². The Hall–Kier alpha value is -1.75. The zero-order valence-corrected chi connectivity index (χ0v) is 11.7. The van der Waals surface area contributed by atoms with E-state index in [1.54, 1.807) is 19.1 Å². The van der Waals surface area contributed by atoms with Crippen LogP contribution < -0.4 is 10.1 Å². The molecule has 0 saturated carbocycles. The van der Waals surface area contributed by atoms with Crippen molar-refractivity contribution in [2.45, 2.75) is 25.8 Å². The van der Waals surface area contributed by atoms with Gasteiger partial charge < -0.3 is 15.2 Å². The molecular weight excluding hydrogens is 270 g/mol. The van der Waals surface area contributed by atoms with Gasteiger partial charge in [-0.3, -0.25) is 4.79 Å². The summed E-state index contributed by atoms with van der Waals surface area (Å²) in [5.74, 6) is -1.29. The minimum atomic E-state index is -1.33. The Balaban J connectivity index is 3.07. The van der Waals surface area contributed by atoms with E-state index in [-0.39, 0.29) is 12.0 Å². The van der Waals surface area contributed by atoms with Gasteiger partial charge in [-0.1, -0.05) is 18.5 Å². The molecule has 1 aromatic rings. The van der Waals surface area contributed by atoms with Gasteiger partial charge in [0.2, 0.25) is 0 Å². The SMILES string of the molecule is CCC(C)(NC(=O)c1cc(Cl)ccc1OC)C(=O)O. The molecule has 0 spiro atoms. The molecule has 0 heterocycles. The number of carbonyl (C=O) groups is 2. The standard InChI is InChI=1S/C13H16ClNO4/c1-4-13(2,12(17)18)15-11(16)9-7-8(14)5-6-10(9)19-3/h5-7H,4H2,1-3H3,(H,15,16)(H,17,18). The fraction of sp³-hybridized carbons (Fsp3) is 0.385. The van der Waals surface area contributed by atoms with Crippen molar-refractivity contribution in [2.24, 2.45) is 0 Å². The van der Waals surface area contributed by atoms with Crippen molar-refractivity contribution in [2.75, 3.05) is 7.11 Å². The first-order valence-corrected chi connectivity index (χ1v) is 6.11. The molecule has 0 aliphatic heterocycles. The number of amides is 1. The van der Waals surface area contributed by atoms with E-state index < -0.39 is 17.4 Å². The zero-order chi connectivity index (χ0) is 14.6. The fourth-order valence-corrected chi connectivity index (χ4v) is 1.64. The van der Waals surface area contributed by atoms with Crippen molar-refractivity contribution >= 4 is 23.5 Å². The third-order valence-electron chi connectivity index (χ3n) is 2.97. The maximum Gasteiger partial charge on any atom is 0.329 e. The Bertz CT molecular complexity index is 503. The Morgan fingerprint density at radius 2 is 2.11 bits per heavy atom. The first-order chi connectivity index (χ1) is 8.84. The summed E-state index contributed by atoms with van der Waals surface area (Å²) in [5.41, 5.74) is -1.12. The van der Waals surface area contributed by atoms with Gasteiger partial charge in [-0.05, 0) is 31.5 Å². The predicted molar refractivity (Wildman–Crippen MR) is 71.8 cm³/mol. The molecule has 0 aliphatic rings. The number of hydrogen-bond donors (Lipinski definition) is 2. The molecule has 1 rings (SSSR count). The lowest BCUT2D eigenvalue weighted by molar-refractivity contribution is -0.143. The maximum atomic E-state index is 12.1. The molecular formula is C13H16ClNO4. The van der Waals surface area contributed by atoms with Crippen molar-refractivity contribution < 1.29 is 19.4 Å². The first-order valence-electron chi connectivity index (χ1n) is 5.73. The smallest absolute Gasteiger partial charge is 0.329 e. The molecule has 5 nitrogen and oxygen atoms in total. The summed E-state index contributed by atoms with van der Waals surface area (Å²) in [5, 5.41) is 12.0. The van der Waals surface area contributed by atoms with Gasteiger partial charge in [-0.15, -0.1) is 0 Å². The van der Waals surface area contributed by atoms with E-state index in [0.717, 1.165) is 0 Å². The number of rotatable bonds is 5. The van der Waals surface area contributed by atoms with E-state index in [1.165, 1.54) is 20.1 Å². The van der Waals surface area contributed by atoms with E-state index in [1.807, 2.05) is 0 Å². The molecule has 19 heavy (non-hydrogen) atoms. The van der Waals surface area contributed by atoms with E-state index in [9.17, 15) is 9.59 Å². The Morgan fingerprint density at radius 3 is 2.58 bits per heavy atom. The van der Waals surface area contributed by atoms with E-state index >= 15 is 0 Å². The highest BCUT2D eigenvalue weighted by atomic mass is 35.5. The van der Waals surface area contributed by atoms with Crippen LogP contribution in [0.1, 0.15) is 30.6 Å². The highest BCUT2D eigenvalue weighted by molar-refractivity contribution is 6.31. The van der Waals surface area contributed by atoms with Gasteiger partial charge in [0.05, 0.1) is 12.7 Å². The minimum absolute atomic E-state index is 0.205. The van der Waals surface area contributed by atoms with Crippen molar-refractivity contribution in [3.63, 3.8) is 0 Å². The highest BCUT2D eigenvalue weighted by Crippen LogP contribution is 2.23. The van der Waals surface area contributed by atoms with Crippen LogP contribution in [0.25, 0.3) is 0 Å². The lowest BCUT2D eigenvalue weighted by Gasteiger charge is -2.25. The number of ether oxygens (including phenoxy) is 1. The van der Waals surface area contributed by atoms with Gasteiger partial charge in [0.1, 0.15) is 11.3 Å². The topological polar surface area (TPSA) is 75.6 Å². The molecule has 1 amide bonds. The van der Waals surface area contributed by atoms with Crippen LogP contribution in [0.15, 0.2) is 18.2 Å². The Morgan fingerprint density at radius 1 is 1.47 bits per heavy atom. The molecule has 0 aliphatic carbocycles. The van der Waals surface area contributed by atoms with E-state index in [0.29, 0.717) is 10.8 Å². The number of hydrogen-bond acceptors (Lipinski definition) is 3. The molecule has 0 radical (unpaired) electrons. The van der Waals surface area contributed by atoms with Gasteiger partial charge in [-0.2, -0.15) is 0 Å². The second-order valence-corrected chi connectivity index (χ2v) is 4.73. The van der Waals surface area contributed by atoms with Gasteiger partial charge in [0.15, 0.2) is 0 Å². The van der Waals surface area contributed by atoms with Crippen molar-refractivity contribution in [3.8, 4) is 5.75 Å². The number of nitrogens with one attached hydrogen (secondary N) is 1. The lowest BCUT2D eigenvalue weighted by atomic mass is 9.98. The number of aliphatic carboxylic acids is 1. The second kappa shape index (κ2) is 5.93. The molecule has 6 heteroatoms. The van der Waals surface area contributed by atoms with E-state index in [2.05, 4.69) is 5.32 Å². The monoisotopic (exact) mass is 285 g/mol. The second-order valence-electron chi connectivity index (χ2n) is 4.29. The highest BCUT2D eigenvalue weighted by Gasteiger charge is 2.33. The number of carbonyl (C=O) groups excluding carboxylic acids is 1. The van der Waals surface area contributed by atoms with Crippen LogP contribution >= 0.6 is 11.6 Å². The lowest BCUT2D eigenvalue weighted by Crippen LogP contribution is -2.51. The van der Waals surface area contributed by atoms with Crippen molar-refractivity contribution in [1.29, 1.82) is 0 Å². The summed E-state index contributed by atoms with van der Waals surface area (Å²) in [6.07, 6.45) is 0.261. The van der Waals surface area contributed by atoms with Crippen LogP contribution in [0, 0.1) is 0 Å². The molecule has 1 unspecified atom stereocenters. The third-order valence-corrected chi connectivity index (χ3v) is 3.21. The van der Waals surface area contributed by atoms with Gasteiger partial charge in [-0.25, -0.2) is 4.79 Å². The average molecular weight is 286 g/mol. The summed E-state index contributed by atoms with van der Waals surface area (Å²) < 4.78 is 5.06. The molecule has 104 valence electrons. The Labute approximate surface area is 116 Å². The fourth-order valence-electron chi connectivity index (χ4n) is 1.47. The molecule has 1 aromatic carbocycles. The summed E-state index contributed by atoms with van der Waals surface area (Å²) in [6, 6.07) is 4.59. The van der Waals surface area contributed by atoms with Crippen LogP contribution in [0.5, 0.6) is 5.75 Å². The van der Waals surface area contributed by atoms with Crippen LogP contribution in [0.4, 0.5) is 0 Å². The molecule has 0 aromatic heterocycles. The van der Waals surface area contributed by atoms with Crippen molar-refractivity contribution in [3.05, 3.63) is 28.8 Å². The first kappa shape index (κ1) is 15.3. The summed E-state index contributed by atoms with van der Waals surface area (Å²) in [6.45, 7) is 3.13. The van der Waals surface area contributed by atoms with Crippen LogP contribution in [-0.2, 0) is 4.79 Å². The molecule has 2 N–H and O–H groups in total. The van der Waals surface area contributed by atoms with Crippen LogP contribution in [-0.4, -0.2) is 29.6 Å². The number of halogens is 1. The zero-order valence-electron chi connectivity index (χ0n) is 11.0. The molecule has 0 saturated heterocycles. The van der Waals surface area contributed by atoms with Crippen LogP contribution in [0.3, 0.4) is 0 Å². The quantitative estimate of drug-likeness (QED) is 0.870. The van der Waals surface area contributed by atoms with Gasteiger partial charge >= 0.3 is 5.97 Å². The molecule has 0 fully saturated rings. The molecule has 1 atom stereocenters. The number of benzene rings is 1. The Kier molecular flexibility index (Phi) is 4.78. The number of carboxylic acid groups (broad SMARTS) is 1. The maximum absolute atomic E-state index is 12.1. The summed E-state index contributed by atoms with van der Waals surface area (Å²) in [7, 11) is 1.43. The third kappa shape index (κ3) is 3.38.